The lowest BCUT2D eigenvalue weighted by Gasteiger charge is -2.31. The second-order valence-corrected chi connectivity index (χ2v) is 8.10. The van der Waals surface area contributed by atoms with Crippen LogP contribution in [0.25, 0.3) is 0 Å². The highest BCUT2D eigenvalue weighted by molar-refractivity contribution is 6.30. The fourth-order valence-electron chi connectivity index (χ4n) is 2.59. The van der Waals surface area contributed by atoms with Gasteiger partial charge >= 0.3 is 0 Å². The number of nitrogens with zero attached hydrogens (tertiary/aromatic N) is 1. The molecule has 0 aromatic heterocycles. The van der Waals surface area contributed by atoms with Crippen molar-refractivity contribution in [3.8, 4) is 5.75 Å². The van der Waals surface area contributed by atoms with Crippen LogP contribution in [0.4, 0.5) is 0 Å². The number of carbonyl (C=O) groups is 2. The molecule has 0 aliphatic heterocycles. The molecule has 2 aromatic carbocycles. The summed E-state index contributed by atoms with van der Waals surface area (Å²) >= 11 is 5.95. The molecule has 0 fully saturated rings. The maximum atomic E-state index is 12.9. The van der Waals surface area contributed by atoms with Crippen molar-refractivity contribution in [1.29, 1.82) is 0 Å². The Hall–Kier alpha value is -2.53. The minimum Gasteiger partial charge on any atom is -0.484 e. The summed E-state index contributed by atoms with van der Waals surface area (Å²) in [6, 6.07) is 15.7. The largest absolute Gasteiger partial charge is 0.484 e. The Balaban J connectivity index is 2.15. The van der Waals surface area contributed by atoms with Crippen LogP contribution in [0.1, 0.15) is 33.3 Å². The lowest BCUT2D eigenvalue weighted by Crippen LogP contribution is -2.53. The van der Waals surface area contributed by atoms with Crippen molar-refractivity contribution >= 4 is 23.4 Å². The molecule has 6 heteroatoms. The van der Waals surface area contributed by atoms with Gasteiger partial charge in [0.05, 0.1) is 0 Å². The molecule has 2 rings (SSSR count). The van der Waals surface area contributed by atoms with Crippen molar-refractivity contribution in [3.63, 3.8) is 0 Å². The van der Waals surface area contributed by atoms with Crippen LogP contribution in [-0.2, 0) is 16.1 Å². The molecule has 1 atom stereocenters. The Morgan fingerprint density at radius 2 is 1.68 bits per heavy atom. The van der Waals surface area contributed by atoms with Gasteiger partial charge in [0.15, 0.2) is 6.61 Å². The van der Waals surface area contributed by atoms with Crippen LogP contribution in [0.15, 0.2) is 54.6 Å². The van der Waals surface area contributed by atoms with E-state index in [1.165, 1.54) is 4.90 Å². The van der Waals surface area contributed by atoms with E-state index in [1.54, 1.807) is 31.2 Å². The standard InChI is InChI=1S/C22H27ClN2O3/c1-16(21(27)24-22(2,3)4)25(14-17-10-12-18(23)13-11-17)20(26)15-28-19-8-6-5-7-9-19/h5-13,16H,14-15H2,1-4H3,(H,24,27)/t16-/m1/s1. The smallest absolute Gasteiger partial charge is 0.261 e. The van der Waals surface area contributed by atoms with Crippen LogP contribution in [0.5, 0.6) is 5.75 Å². The molecule has 0 bridgehead atoms. The van der Waals surface area contributed by atoms with Crippen molar-refractivity contribution in [2.75, 3.05) is 6.61 Å². The highest BCUT2D eigenvalue weighted by atomic mass is 35.5. The summed E-state index contributed by atoms with van der Waals surface area (Å²) in [5.74, 6) is 0.124. The fraction of sp³-hybridized carbons (Fsp3) is 0.364. The molecule has 2 amide bonds. The second kappa shape index (κ2) is 9.60. The summed E-state index contributed by atoms with van der Waals surface area (Å²) in [5, 5.41) is 3.55. The molecule has 0 heterocycles. The van der Waals surface area contributed by atoms with Gasteiger partial charge in [0, 0.05) is 17.1 Å². The van der Waals surface area contributed by atoms with Crippen molar-refractivity contribution in [1.82, 2.24) is 10.2 Å². The van der Waals surface area contributed by atoms with Gasteiger partial charge in [0.1, 0.15) is 11.8 Å². The zero-order valence-electron chi connectivity index (χ0n) is 16.7. The zero-order valence-corrected chi connectivity index (χ0v) is 17.5. The van der Waals surface area contributed by atoms with Crippen LogP contribution in [0.3, 0.4) is 0 Å². The van der Waals surface area contributed by atoms with E-state index < -0.39 is 6.04 Å². The highest BCUT2D eigenvalue weighted by Gasteiger charge is 2.28. The fourth-order valence-corrected chi connectivity index (χ4v) is 2.71. The number of para-hydroxylation sites is 1. The normalized spacial score (nSPS) is 12.2. The van der Waals surface area contributed by atoms with Gasteiger partial charge in [0.2, 0.25) is 5.91 Å². The van der Waals surface area contributed by atoms with E-state index in [2.05, 4.69) is 5.32 Å². The van der Waals surface area contributed by atoms with Crippen LogP contribution >= 0.6 is 11.6 Å². The monoisotopic (exact) mass is 402 g/mol. The number of carbonyl (C=O) groups excluding carboxylic acids is 2. The number of hydrogen-bond acceptors (Lipinski definition) is 3. The molecule has 0 aliphatic carbocycles. The summed E-state index contributed by atoms with van der Waals surface area (Å²) in [4.78, 5) is 27.1. The average molecular weight is 403 g/mol. The predicted molar refractivity (Wildman–Crippen MR) is 111 cm³/mol. The number of ether oxygens (including phenoxy) is 1. The number of rotatable bonds is 7. The summed E-state index contributed by atoms with van der Waals surface area (Å²) in [7, 11) is 0. The first-order valence-corrected chi connectivity index (χ1v) is 9.57. The van der Waals surface area contributed by atoms with Gasteiger partial charge in [-0.15, -0.1) is 0 Å². The molecule has 2 aromatic rings. The van der Waals surface area contributed by atoms with E-state index in [9.17, 15) is 9.59 Å². The second-order valence-electron chi connectivity index (χ2n) is 7.67. The van der Waals surface area contributed by atoms with Gasteiger partial charge in [-0.2, -0.15) is 0 Å². The first kappa shape index (κ1) is 21.8. The molecule has 0 radical (unpaired) electrons. The van der Waals surface area contributed by atoms with Crippen molar-refractivity contribution in [2.24, 2.45) is 0 Å². The Labute approximate surface area is 171 Å². The average Bonchev–Trinajstić information content (AvgIpc) is 2.64. The van der Waals surface area contributed by atoms with Crippen LogP contribution < -0.4 is 10.1 Å². The van der Waals surface area contributed by atoms with Crippen molar-refractivity contribution in [2.45, 2.75) is 45.8 Å². The molecule has 0 unspecified atom stereocenters. The van der Waals surface area contributed by atoms with Crippen LogP contribution in [0, 0.1) is 0 Å². The Bertz CT molecular complexity index is 786. The van der Waals surface area contributed by atoms with Gasteiger partial charge in [-0.1, -0.05) is 41.9 Å². The molecule has 150 valence electrons. The van der Waals surface area contributed by atoms with Gasteiger partial charge in [-0.25, -0.2) is 0 Å². The summed E-state index contributed by atoms with van der Waals surface area (Å²) < 4.78 is 5.59. The van der Waals surface area contributed by atoms with Gasteiger partial charge in [0.25, 0.3) is 5.91 Å². The van der Waals surface area contributed by atoms with Crippen LogP contribution in [0.2, 0.25) is 5.02 Å². The summed E-state index contributed by atoms with van der Waals surface area (Å²) in [6.07, 6.45) is 0. The number of halogens is 1. The molecule has 0 spiro atoms. The Kier molecular flexibility index (Phi) is 7.46. The number of hydrogen-bond donors (Lipinski definition) is 1. The number of amides is 2. The quantitative estimate of drug-likeness (QED) is 0.760. The van der Waals surface area contributed by atoms with E-state index >= 15 is 0 Å². The number of benzene rings is 2. The SMILES string of the molecule is C[C@H](C(=O)NC(C)(C)C)N(Cc1ccc(Cl)cc1)C(=O)COc1ccccc1. The molecule has 0 saturated carbocycles. The lowest BCUT2D eigenvalue weighted by molar-refractivity contribution is -0.142. The summed E-state index contributed by atoms with van der Waals surface area (Å²) in [5.41, 5.74) is 0.494. The van der Waals surface area contributed by atoms with Crippen molar-refractivity contribution < 1.29 is 14.3 Å². The Morgan fingerprint density at radius 3 is 2.25 bits per heavy atom. The molecule has 0 aliphatic rings. The molecule has 0 saturated heterocycles. The zero-order chi connectivity index (χ0) is 20.7. The van der Waals surface area contributed by atoms with Gasteiger partial charge < -0.3 is 15.0 Å². The minimum absolute atomic E-state index is 0.148. The first-order chi connectivity index (χ1) is 13.2. The lowest BCUT2D eigenvalue weighted by atomic mass is 10.1. The van der Waals surface area contributed by atoms with Gasteiger partial charge in [-0.05, 0) is 57.5 Å². The first-order valence-electron chi connectivity index (χ1n) is 9.19. The molecule has 5 nitrogen and oxygen atoms in total. The maximum Gasteiger partial charge on any atom is 0.261 e. The van der Waals surface area contributed by atoms with Crippen molar-refractivity contribution in [3.05, 3.63) is 65.2 Å². The van der Waals surface area contributed by atoms with E-state index in [-0.39, 0.29) is 30.5 Å². The molecular formula is C22H27ClN2O3. The molecule has 28 heavy (non-hydrogen) atoms. The predicted octanol–water partition coefficient (Wildman–Crippen LogP) is 4.05. The highest BCUT2D eigenvalue weighted by Crippen LogP contribution is 2.15. The third kappa shape index (κ3) is 6.89. The number of nitrogens with one attached hydrogen (secondary N) is 1. The van der Waals surface area contributed by atoms with E-state index in [4.69, 9.17) is 16.3 Å². The van der Waals surface area contributed by atoms with Gasteiger partial charge in [-0.3, -0.25) is 9.59 Å². The topological polar surface area (TPSA) is 58.6 Å². The molecular weight excluding hydrogens is 376 g/mol. The molecule has 1 N–H and O–H groups in total. The third-order valence-corrected chi connectivity index (χ3v) is 4.29. The maximum absolute atomic E-state index is 12.9. The minimum atomic E-state index is -0.651. The third-order valence-electron chi connectivity index (χ3n) is 4.04. The van der Waals surface area contributed by atoms with E-state index in [0.717, 1.165) is 5.56 Å². The van der Waals surface area contributed by atoms with E-state index in [0.29, 0.717) is 10.8 Å². The van der Waals surface area contributed by atoms with E-state index in [1.807, 2.05) is 51.1 Å². The Morgan fingerprint density at radius 1 is 1.07 bits per heavy atom. The summed E-state index contributed by atoms with van der Waals surface area (Å²) in [6.45, 7) is 7.57. The van der Waals surface area contributed by atoms with Crippen LogP contribution in [-0.4, -0.2) is 34.9 Å².